The lowest BCUT2D eigenvalue weighted by Gasteiger charge is -2.07. The van der Waals surface area contributed by atoms with Gasteiger partial charge in [0.2, 0.25) is 5.91 Å². The highest BCUT2D eigenvalue weighted by atomic mass is 16.5. The molecule has 0 saturated heterocycles. The van der Waals surface area contributed by atoms with Gasteiger partial charge < -0.3 is 10.1 Å². The number of carbonyl (C=O) groups is 3. The van der Waals surface area contributed by atoms with Crippen LogP contribution in [0.25, 0.3) is 11.1 Å². The SMILES string of the molecule is CC(=O)NCCCc1ccc(C(=O)COC(=O)c2ccc(-c3ccccc3)cc2)cc1. The fraction of sp³-hybridized carbons (Fsp3) is 0.192. The monoisotopic (exact) mass is 415 g/mol. The summed E-state index contributed by atoms with van der Waals surface area (Å²) in [6, 6.07) is 24.2. The molecular formula is C26H25NO4. The first-order valence-electron chi connectivity index (χ1n) is 10.2. The third-order valence-electron chi connectivity index (χ3n) is 4.85. The van der Waals surface area contributed by atoms with Crippen LogP contribution in [-0.4, -0.2) is 30.8 Å². The molecule has 0 aromatic heterocycles. The van der Waals surface area contributed by atoms with Gasteiger partial charge >= 0.3 is 5.97 Å². The molecular weight excluding hydrogens is 390 g/mol. The van der Waals surface area contributed by atoms with Crippen LogP contribution in [0.4, 0.5) is 0 Å². The summed E-state index contributed by atoms with van der Waals surface area (Å²) >= 11 is 0. The van der Waals surface area contributed by atoms with Gasteiger partial charge in [-0.05, 0) is 41.7 Å². The lowest BCUT2D eigenvalue weighted by molar-refractivity contribution is -0.118. The third kappa shape index (κ3) is 6.64. The van der Waals surface area contributed by atoms with E-state index in [9.17, 15) is 14.4 Å². The number of benzene rings is 3. The molecule has 1 amide bonds. The molecule has 0 aliphatic heterocycles. The first-order valence-corrected chi connectivity index (χ1v) is 10.2. The Morgan fingerprint density at radius 3 is 2.03 bits per heavy atom. The van der Waals surface area contributed by atoms with Gasteiger partial charge in [0.1, 0.15) is 0 Å². The van der Waals surface area contributed by atoms with Crippen molar-refractivity contribution < 1.29 is 19.1 Å². The lowest BCUT2D eigenvalue weighted by atomic mass is 10.0. The van der Waals surface area contributed by atoms with Gasteiger partial charge in [-0.3, -0.25) is 9.59 Å². The van der Waals surface area contributed by atoms with E-state index in [1.807, 2.05) is 54.6 Å². The summed E-state index contributed by atoms with van der Waals surface area (Å²) in [4.78, 5) is 35.5. The number of Topliss-reactive ketones (excluding diaryl/α,β-unsaturated/α-hetero) is 1. The zero-order valence-corrected chi connectivity index (χ0v) is 17.5. The largest absolute Gasteiger partial charge is 0.454 e. The highest BCUT2D eigenvalue weighted by Crippen LogP contribution is 2.19. The van der Waals surface area contributed by atoms with Crippen molar-refractivity contribution in [3.8, 4) is 11.1 Å². The Bertz CT molecular complexity index is 1030. The molecule has 3 aromatic rings. The lowest BCUT2D eigenvalue weighted by Crippen LogP contribution is -2.21. The van der Waals surface area contributed by atoms with Crippen LogP contribution in [-0.2, 0) is 16.0 Å². The molecule has 3 aromatic carbocycles. The average Bonchev–Trinajstić information content (AvgIpc) is 2.81. The van der Waals surface area contributed by atoms with E-state index in [1.165, 1.54) is 6.92 Å². The molecule has 5 nitrogen and oxygen atoms in total. The van der Waals surface area contributed by atoms with Gasteiger partial charge in [0.15, 0.2) is 12.4 Å². The van der Waals surface area contributed by atoms with E-state index in [0.29, 0.717) is 17.7 Å². The van der Waals surface area contributed by atoms with Crippen LogP contribution in [0.5, 0.6) is 0 Å². The quantitative estimate of drug-likeness (QED) is 0.318. The van der Waals surface area contributed by atoms with E-state index < -0.39 is 5.97 Å². The smallest absolute Gasteiger partial charge is 0.338 e. The summed E-state index contributed by atoms with van der Waals surface area (Å²) < 4.78 is 5.19. The van der Waals surface area contributed by atoms with E-state index in [0.717, 1.165) is 29.5 Å². The molecule has 158 valence electrons. The molecule has 0 spiro atoms. The van der Waals surface area contributed by atoms with Crippen LogP contribution < -0.4 is 5.32 Å². The summed E-state index contributed by atoms with van der Waals surface area (Å²) in [5.74, 6) is -0.816. The Hall–Kier alpha value is -3.73. The van der Waals surface area contributed by atoms with E-state index >= 15 is 0 Å². The number of ether oxygens (including phenoxy) is 1. The Labute approximate surface area is 182 Å². The van der Waals surface area contributed by atoms with Gasteiger partial charge in [-0.2, -0.15) is 0 Å². The fourth-order valence-electron chi connectivity index (χ4n) is 3.14. The van der Waals surface area contributed by atoms with Gasteiger partial charge in [-0.25, -0.2) is 4.79 Å². The second-order valence-corrected chi connectivity index (χ2v) is 7.23. The van der Waals surface area contributed by atoms with Crippen molar-refractivity contribution in [1.29, 1.82) is 0 Å². The van der Waals surface area contributed by atoms with Crippen LogP contribution in [0.2, 0.25) is 0 Å². The second-order valence-electron chi connectivity index (χ2n) is 7.23. The Balaban J connectivity index is 1.48. The number of hydrogen-bond acceptors (Lipinski definition) is 4. The summed E-state index contributed by atoms with van der Waals surface area (Å²) in [6.07, 6.45) is 1.64. The molecule has 0 aliphatic rings. The second kappa shape index (κ2) is 10.9. The molecule has 0 fully saturated rings. The zero-order chi connectivity index (χ0) is 22.1. The number of nitrogens with one attached hydrogen (secondary N) is 1. The highest BCUT2D eigenvalue weighted by molar-refractivity contribution is 5.99. The van der Waals surface area contributed by atoms with Gasteiger partial charge in [-0.15, -0.1) is 0 Å². The molecule has 1 N–H and O–H groups in total. The minimum absolute atomic E-state index is 0.0392. The van der Waals surface area contributed by atoms with E-state index in [2.05, 4.69) is 5.32 Å². The Morgan fingerprint density at radius 2 is 1.39 bits per heavy atom. The van der Waals surface area contributed by atoms with Crippen molar-refractivity contribution in [1.82, 2.24) is 5.32 Å². The van der Waals surface area contributed by atoms with Crippen molar-refractivity contribution >= 4 is 17.7 Å². The molecule has 0 aliphatic carbocycles. The topological polar surface area (TPSA) is 72.5 Å². The number of ketones is 1. The van der Waals surface area contributed by atoms with Gasteiger partial charge in [0.25, 0.3) is 0 Å². The van der Waals surface area contributed by atoms with Gasteiger partial charge in [0.05, 0.1) is 5.56 Å². The molecule has 0 saturated carbocycles. The van der Waals surface area contributed by atoms with Crippen molar-refractivity contribution in [2.45, 2.75) is 19.8 Å². The molecule has 5 heteroatoms. The van der Waals surface area contributed by atoms with Crippen LogP contribution in [0.15, 0.2) is 78.9 Å². The summed E-state index contributed by atoms with van der Waals surface area (Å²) in [5, 5.41) is 2.76. The fourth-order valence-corrected chi connectivity index (χ4v) is 3.14. The summed E-state index contributed by atoms with van der Waals surface area (Å²) in [5.41, 5.74) is 4.05. The summed E-state index contributed by atoms with van der Waals surface area (Å²) in [6.45, 7) is 1.81. The number of esters is 1. The standard InChI is InChI=1S/C26H25NO4/c1-19(28)27-17-5-6-20-9-11-23(12-10-20)25(29)18-31-26(30)24-15-13-22(14-16-24)21-7-3-2-4-8-21/h2-4,7-16H,5-6,17-18H2,1H3,(H,27,28). The van der Waals surface area contributed by atoms with Crippen molar-refractivity contribution in [2.24, 2.45) is 0 Å². The van der Waals surface area contributed by atoms with Crippen LogP contribution >= 0.6 is 0 Å². The number of aryl methyl sites for hydroxylation is 1. The van der Waals surface area contributed by atoms with Crippen LogP contribution in [0, 0.1) is 0 Å². The summed E-state index contributed by atoms with van der Waals surface area (Å²) in [7, 11) is 0. The normalized spacial score (nSPS) is 10.4. The average molecular weight is 415 g/mol. The minimum atomic E-state index is -0.525. The number of carbonyl (C=O) groups excluding carboxylic acids is 3. The molecule has 0 unspecified atom stereocenters. The predicted molar refractivity (Wildman–Crippen MR) is 120 cm³/mol. The molecule has 31 heavy (non-hydrogen) atoms. The molecule has 0 heterocycles. The minimum Gasteiger partial charge on any atom is -0.454 e. The maximum Gasteiger partial charge on any atom is 0.338 e. The Morgan fingerprint density at radius 1 is 0.774 bits per heavy atom. The first-order chi connectivity index (χ1) is 15.0. The molecule has 3 rings (SSSR count). The zero-order valence-electron chi connectivity index (χ0n) is 17.5. The van der Waals surface area contributed by atoms with Crippen LogP contribution in [0.1, 0.15) is 39.6 Å². The van der Waals surface area contributed by atoms with E-state index in [4.69, 9.17) is 4.74 Å². The maximum absolute atomic E-state index is 12.3. The molecule has 0 atom stereocenters. The number of hydrogen-bond donors (Lipinski definition) is 1. The van der Waals surface area contributed by atoms with E-state index in [-0.39, 0.29) is 18.3 Å². The van der Waals surface area contributed by atoms with Crippen molar-refractivity contribution in [2.75, 3.05) is 13.2 Å². The van der Waals surface area contributed by atoms with Crippen molar-refractivity contribution in [3.05, 3.63) is 95.6 Å². The highest BCUT2D eigenvalue weighted by Gasteiger charge is 2.12. The van der Waals surface area contributed by atoms with Gasteiger partial charge in [-0.1, -0.05) is 66.7 Å². The van der Waals surface area contributed by atoms with Crippen LogP contribution in [0.3, 0.4) is 0 Å². The number of amides is 1. The number of rotatable bonds is 9. The van der Waals surface area contributed by atoms with E-state index in [1.54, 1.807) is 24.3 Å². The maximum atomic E-state index is 12.3. The first kappa shape index (κ1) is 22.0. The van der Waals surface area contributed by atoms with Gasteiger partial charge in [0, 0.05) is 19.0 Å². The van der Waals surface area contributed by atoms with Crippen molar-refractivity contribution in [3.63, 3.8) is 0 Å². The Kier molecular flexibility index (Phi) is 7.71. The molecule has 0 bridgehead atoms. The predicted octanol–water partition coefficient (Wildman–Crippen LogP) is 4.46. The molecule has 0 radical (unpaired) electrons. The third-order valence-corrected chi connectivity index (χ3v) is 4.85.